The van der Waals surface area contributed by atoms with Crippen molar-refractivity contribution >= 4 is 16.9 Å². The molecular formula is C19H26N2O3. The molecule has 5 heteroatoms. The molecule has 1 fully saturated rings. The van der Waals surface area contributed by atoms with Gasteiger partial charge in [0.25, 0.3) is 0 Å². The molecule has 2 N–H and O–H groups in total. The van der Waals surface area contributed by atoms with Gasteiger partial charge in [-0.2, -0.15) is 0 Å². The summed E-state index contributed by atoms with van der Waals surface area (Å²) < 4.78 is 2.09. The summed E-state index contributed by atoms with van der Waals surface area (Å²) in [6.07, 6.45) is 6.38. The van der Waals surface area contributed by atoms with Gasteiger partial charge in [0.15, 0.2) is 0 Å². The Hall–Kier alpha value is -1.85. The minimum Gasteiger partial charge on any atom is -0.478 e. The first-order valence-corrected chi connectivity index (χ1v) is 8.79. The lowest BCUT2D eigenvalue weighted by atomic mass is 10.0. The van der Waals surface area contributed by atoms with Crippen LogP contribution < -0.4 is 0 Å². The second kappa shape index (κ2) is 7.36. The van der Waals surface area contributed by atoms with Crippen LogP contribution in [0.5, 0.6) is 0 Å². The van der Waals surface area contributed by atoms with E-state index in [1.807, 2.05) is 13.0 Å². The molecule has 2 aromatic rings. The lowest BCUT2D eigenvalue weighted by molar-refractivity contribution is 0.0696. The van der Waals surface area contributed by atoms with E-state index >= 15 is 0 Å². The molecule has 0 aliphatic carbocycles. The van der Waals surface area contributed by atoms with Crippen LogP contribution in [0.4, 0.5) is 0 Å². The number of carboxylic acids is 1. The van der Waals surface area contributed by atoms with Crippen molar-refractivity contribution in [3.8, 4) is 0 Å². The summed E-state index contributed by atoms with van der Waals surface area (Å²) in [5, 5.41) is 19.7. The first kappa shape index (κ1) is 17.0. The smallest absolute Gasteiger partial charge is 0.336 e. The summed E-state index contributed by atoms with van der Waals surface area (Å²) >= 11 is 0. The topological polar surface area (TPSA) is 65.7 Å². The van der Waals surface area contributed by atoms with Crippen LogP contribution in [0.25, 0.3) is 10.9 Å². The van der Waals surface area contributed by atoms with Crippen LogP contribution in [0.2, 0.25) is 0 Å². The van der Waals surface area contributed by atoms with Gasteiger partial charge in [-0.15, -0.1) is 0 Å². The van der Waals surface area contributed by atoms with Gasteiger partial charge in [-0.1, -0.05) is 0 Å². The lowest BCUT2D eigenvalue weighted by Gasteiger charge is -2.13. The van der Waals surface area contributed by atoms with E-state index in [-0.39, 0.29) is 6.61 Å². The van der Waals surface area contributed by atoms with Gasteiger partial charge < -0.3 is 19.7 Å². The summed E-state index contributed by atoms with van der Waals surface area (Å²) in [4.78, 5) is 13.9. The highest BCUT2D eigenvalue weighted by molar-refractivity contribution is 5.96. The molecule has 130 valence electrons. The minimum absolute atomic E-state index is 0.139. The summed E-state index contributed by atoms with van der Waals surface area (Å²) in [6.45, 7) is 6.13. The second-order valence-electron chi connectivity index (χ2n) is 6.71. The molecule has 2 heterocycles. The molecule has 0 amide bonds. The number of fused-ring (bicyclic) bond motifs is 1. The molecule has 24 heavy (non-hydrogen) atoms. The van der Waals surface area contributed by atoms with Crippen LogP contribution in [-0.4, -0.2) is 51.9 Å². The molecule has 0 atom stereocenters. The first-order valence-electron chi connectivity index (χ1n) is 8.79. The number of aliphatic hydroxyl groups excluding tert-OH is 1. The number of nitrogens with zero attached hydrogens (tertiary/aromatic N) is 2. The van der Waals surface area contributed by atoms with Crippen molar-refractivity contribution in [1.29, 1.82) is 0 Å². The quantitative estimate of drug-likeness (QED) is 0.819. The van der Waals surface area contributed by atoms with E-state index < -0.39 is 5.97 Å². The van der Waals surface area contributed by atoms with Gasteiger partial charge in [-0.3, -0.25) is 0 Å². The van der Waals surface area contributed by atoms with Crippen molar-refractivity contribution < 1.29 is 15.0 Å². The third-order valence-corrected chi connectivity index (χ3v) is 4.99. The molecule has 1 aliphatic heterocycles. The highest BCUT2D eigenvalue weighted by atomic mass is 16.4. The molecule has 0 saturated carbocycles. The molecule has 1 aliphatic rings. The Morgan fingerprint density at radius 3 is 2.62 bits per heavy atom. The lowest BCUT2D eigenvalue weighted by Crippen LogP contribution is -2.21. The van der Waals surface area contributed by atoms with Crippen molar-refractivity contribution in [2.24, 2.45) is 0 Å². The van der Waals surface area contributed by atoms with E-state index in [0.717, 1.165) is 29.4 Å². The predicted molar refractivity (Wildman–Crippen MR) is 94.7 cm³/mol. The van der Waals surface area contributed by atoms with E-state index in [2.05, 4.69) is 15.7 Å². The monoisotopic (exact) mass is 330 g/mol. The Bertz CT molecular complexity index is 730. The number of carboxylic acid groups (broad SMARTS) is 1. The molecule has 1 saturated heterocycles. The van der Waals surface area contributed by atoms with Gasteiger partial charge in [0.05, 0.1) is 5.56 Å². The zero-order chi connectivity index (χ0) is 17.1. The largest absolute Gasteiger partial charge is 0.478 e. The van der Waals surface area contributed by atoms with Crippen molar-refractivity contribution in [3.63, 3.8) is 0 Å². The maximum atomic E-state index is 11.4. The van der Waals surface area contributed by atoms with Crippen molar-refractivity contribution in [2.45, 2.75) is 39.2 Å². The molecule has 1 aromatic carbocycles. The third-order valence-electron chi connectivity index (χ3n) is 4.99. The van der Waals surface area contributed by atoms with Gasteiger partial charge in [0.2, 0.25) is 0 Å². The Kier molecular flexibility index (Phi) is 5.21. The number of aliphatic hydroxyl groups is 1. The van der Waals surface area contributed by atoms with E-state index in [1.165, 1.54) is 31.5 Å². The Balaban J connectivity index is 1.94. The average Bonchev–Trinajstić information content (AvgIpc) is 3.17. The summed E-state index contributed by atoms with van der Waals surface area (Å²) in [6, 6.07) is 3.79. The number of benzene rings is 1. The zero-order valence-corrected chi connectivity index (χ0v) is 14.3. The fraction of sp³-hybridized carbons (Fsp3) is 0.526. The average molecular weight is 330 g/mol. The minimum atomic E-state index is -0.886. The first-order chi connectivity index (χ1) is 11.6. The van der Waals surface area contributed by atoms with Crippen LogP contribution in [0.3, 0.4) is 0 Å². The zero-order valence-electron chi connectivity index (χ0n) is 14.3. The van der Waals surface area contributed by atoms with Gasteiger partial charge in [-0.05, 0) is 69.0 Å². The fourth-order valence-corrected chi connectivity index (χ4v) is 3.66. The third kappa shape index (κ3) is 3.47. The van der Waals surface area contributed by atoms with Gasteiger partial charge in [0.1, 0.15) is 0 Å². The maximum Gasteiger partial charge on any atom is 0.336 e. The summed E-state index contributed by atoms with van der Waals surface area (Å²) in [5.74, 6) is -0.886. The van der Waals surface area contributed by atoms with Crippen molar-refractivity contribution in [1.82, 2.24) is 9.47 Å². The molecule has 0 unspecified atom stereocenters. The SMILES string of the molecule is Cc1cc2c(CCN3CCCC3)cn(CCCO)c2cc1C(=O)O. The Morgan fingerprint density at radius 2 is 1.96 bits per heavy atom. The van der Waals surface area contributed by atoms with Crippen LogP contribution in [0.15, 0.2) is 18.3 Å². The number of hydrogen-bond donors (Lipinski definition) is 2. The van der Waals surface area contributed by atoms with Crippen molar-refractivity contribution in [3.05, 3.63) is 35.0 Å². The molecular weight excluding hydrogens is 304 g/mol. The summed E-state index contributed by atoms with van der Waals surface area (Å²) in [7, 11) is 0. The van der Waals surface area contributed by atoms with Gasteiger partial charge in [0, 0.05) is 36.8 Å². The van der Waals surface area contributed by atoms with Crippen LogP contribution in [0.1, 0.15) is 40.7 Å². The van der Waals surface area contributed by atoms with Crippen LogP contribution >= 0.6 is 0 Å². The van der Waals surface area contributed by atoms with E-state index in [1.54, 1.807) is 6.07 Å². The number of carbonyl (C=O) groups is 1. The Morgan fingerprint density at radius 1 is 1.21 bits per heavy atom. The van der Waals surface area contributed by atoms with Crippen LogP contribution in [-0.2, 0) is 13.0 Å². The Labute approximate surface area is 142 Å². The predicted octanol–water partition coefficient (Wildman–Crippen LogP) is 2.67. The normalized spacial score (nSPS) is 15.4. The van der Waals surface area contributed by atoms with Crippen LogP contribution in [0, 0.1) is 6.92 Å². The molecule has 1 aromatic heterocycles. The number of aromatic carboxylic acids is 1. The molecule has 5 nitrogen and oxygen atoms in total. The summed E-state index contributed by atoms with van der Waals surface area (Å²) in [5.41, 5.74) is 3.40. The molecule has 0 spiro atoms. The molecule has 0 radical (unpaired) electrons. The van der Waals surface area contributed by atoms with Gasteiger partial charge in [-0.25, -0.2) is 4.79 Å². The maximum absolute atomic E-state index is 11.4. The number of aryl methyl sites for hydroxylation is 2. The second-order valence-corrected chi connectivity index (χ2v) is 6.71. The van der Waals surface area contributed by atoms with E-state index in [9.17, 15) is 9.90 Å². The fourth-order valence-electron chi connectivity index (χ4n) is 3.66. The van der Waals surface area contributed by atoms with Gasteiger partial charge >= 0.3 is 5.97 Å². The molecule has 0 bridgehead atoms. The standard InChI is InChI=1S/C19H26N2O3/c1-14-11-17-15(5-9-20-6-2-3-7-20)13-21(8-4-10-22)18(17)12-16(14)19(23)24/h11-13,22H,2-10H2,1H3,(H,23,24). The number of aromatic nitrogens is 1. The van der Waals surface area contributed by atoms with Crippen molar-refractivity contribution in [2.75, 3.05) is 26.2 Å². The van der Waals surface area contributed by atoms with E-state index in [0.29, 0.717) is 18.5 Å². The number of hydrogen-bond acceptors (Lipinski definition) is 3. The number of rotatable bonds is 7. The highest BCUT2D eigenvalue weighted by Crippen LogP contribution is 2.27. The van der Waals surface area contributed by atoms with E-state index in [4.69, 9.17) is 5.11 Å². The molecule has 3 rings (SSSR count). The number of likely N-dealkylation sites (tertiary alicyclic amines) is 1. The highest BCUT2D eigenvalue weighted by Gasteiger charge is 2.16.